The van der Waals surface area contributed by atoms with E-state index in [-0.39, 0.29) is 45.6 Å². The fraction of sp³-hybridized carbons (Fsp3) is 0.250. The maximum Gasteiger partial charge on any atom is 0.217 e. The maximum absolute atomic E-state index is 9.94. The first-order chi connectivity index (χ1) is 13.0. The zero-order valence-corrected chi connectivity index (χ0v) is 13.8. The van der Waals surface area contributed by atoms with Crippen molar-refractivity contribution in [2.75, 3.05) is 20.0 Å². The molecule has 0 aromatic rings. The van der Waals surface area contributed by atoms with Crippen molar-refractivity contribution in [1.82, 2.24) is 30.7 Å². The van der Waals surface area contributed by atoms with Gasteiger partial charge in [-0.2, -0.15) is 0 Å². The number of nitrogens with one attached hydrogen (secondary N) is 3. The van der Waals surface area contributed by atoms with E-state index in [9.17, 15) is 43.2 Å². The molecule has 0 radical (unpaired) electrons. The van der Waals surface area contributed by atoms with Gasteiger partial charge in [0.1, 0.15) is 6.67 Å². The second kappa shape index (κ2) is 24.1. The molecule has 0 aliphatic heterocycles. The van der Waals surface area contributed by atoms with E-state index < -0.39 is 0 Å². The van der Waals surface area contributed by atoms with Crippen LogP contribution in [0.1, 0.15) is 0 Å². The van der Waals surface area contributed by atoms with Crippen molar-refractivity contribution in [2.24, 2.45) is 0 Å². The third kappa shape index (κ3) is 21.8. The summed E-state index contributed by atoms with van der Waals surface area (Å²) < 4.78 is 0. The van der Waals surface area contributed by atoms with Crippen molar-refractivity contribution in [3.05, 3.63) is 0 Å². The van der Waals surface area contributed by atoms with Gasteiger partial charge in [0.05, 0.1) is 13.3 Å². The quantitative estimate of drug-likeness (QED) is 0.139. The Hall–Kier alpha value is -4.17. The average Bonchev–Trinajstić information content (AvgIpc) is 2.71. The van der Waals surface area contributed by atoms with E-state index in [1.807, 2.05) is 0 Å². The molecule has 0 aromatic carbocycles. The molecule has 0 aliphatic rings. The average molecular weight is 390 g/mol. The van der Waals surface area contributed by atoms with E-state index in [1.165, 1.54) is 0 Å². The molecule has 15 heteroatoms. The number of carbonyl (C=O) groups excluding carboxylic acids is 9. The van der Waals surface area contributed by atoms with Gasteiger partial charge in [0.2, 0.25) is 57.7 Å². The first kappa shape index (κ1) is 27.7. The molecule has 0 fully saturated rings. The Bertz CT molecular complexity index is 426. The smallest absolute Gasteiger partial charge is 0.217 e. The number of rotatable bonds is 15. The van der Waals surface area contributed by atoms with Gasteiger partial charge in [-0.05, 0) is 0 Å². The minimum absolute atomic E-state index is 0.0729. The number of hydrogen-bond donors (Lipinski definition) is 3. The Balaban J connectivity index is -0.000000329. The topological polar surface area (TPSA) is 199 Å². The van der Waals surface area contributed by atoms with E-state index >= 15 is 0 Å². The standard InChI is InChI=1S/C5H6N2O4.C4H6N2O3.C3H6N2O2/c8-2-6(3-9)1-7(4-10)5-11;7-2-5-1-6(3-8)4-9;6-2-4-1-5-3-7/h2-5H,1H2;2-4H,1H2,(H,5,7);2-3H,1H2,(H,4,6)(H,5,7). The molecule has 150 valence electrons. The first-order valence-corrected chi connectivity index (χ1v) is 6.55. The number of nitrogens with zero attached hydrogens (tertiary/aromatic N) is 3. The van der Waals surface area contributed by atoms with Crippen molar-refractivity contribution in [3.8, 4) is 0 Å². The van der Waals surface area contributed by atoms with Gasteiger partial charge < -0.3 is 16.0 Å². The molecule has 0 aromatic heterocycles. The lowest BCUT2D eigenvalue weighted by atomic mass is 10.7. The zero-order valence-electron chi connectivity index (χ0n) is 13.8. The van der Waals surface area contributed by atoms with Crippen LogP contribution in [-0.2, 0) is 43.2 Å². The Labute approximate surface area is 152 Å². The SMILES string of the molecule is O=CN(C=O)CN(C=O)C=O.O=CNCN(C=O)C=O.O=CNCNC=O. The zero-order chi connectivity index (χ0) is 21.3. The lowest BCUT2D eigenvalue weighted by Crippen LogP contribution is -2.34. The summed E-state index contributed by atoms with van der Waals surface area (Å²) in [5.74, 6) is 0. The summed E-state index contributed by atoms with van der Waals surface area (Å²) in [6.45, 7) is -0.219. The lowest BCUT2D eigenvalue weighted by molar-refractivity contribution is -0.138. The fourth-order valence-corrected chi connectivity index (χ4v) is 0.756. The van der Waals surface area contributed by atoms with Crippen LogP contribution >= 0.6 is 0 Å². The van der Waals surface area contributed by atoms with Crippen LogP contribution in [-0.4, -0.2) is 92.4 Å². The van der Waals surface area contributed by atoms with E-state index in [0.717, 1.165) is 4.90 Å². The molecule has 0 heterocycles. The summed E-state index contributed by atoms with van der Waals surface area (Å²) in [5, 5.41) is 6.59. The van der Waals surface area contributed by atoms with E-state index in [0.29, 0.717) is 41.9 Å². The van der Waals surface area contributed by atoms with Crippen LogP contribution in [0.3, 0.4) is 0 Å². The lowest BCUT2D eigenvalue weighted by Gasteiger charge is -2.13. The second-order valence-corrected chi connectivity index (χ2v) is 3.62. The van der Waals surface area contributed by atoms with Crippen LogP contribution in [0.25, 0.3) is 0 Å². The van der Waals surface area contributed by atoms with Crippen LogP contribution in [0.2, 0.25) is 0 Å². The molecule has 27 heavy (non-hydrogen) atoms. The second-order valence-electron chi connectivity index (χ2n) is 3.62. The summed E-state index contributed by atoms with van der Waals surface area (Å²) in [6, 6.07) is 0. The molecule has 0 atom stereocenters. The van der Waals surface area contributed by atoms with Crippen molar-refractivity contribution < 1.29 is 43.2 Å². The highest BCUT2D eigenvalue weighted by molar-refractivity contribution is 5.72. The van der Waals surface area contributed by atoms with Gasteiger partial charge in [-0.15, -0.1) is 0 Å². The number of carbonyl (C=O) groups is 9. The Morgan fingerprint density at radius 2 is 0.815 bits per heavy atom. The van der Waals surface area contributed by atoms with Gasteiger partial charge in [0.25, 0.3) is 0 Å². The summed E-state index contributed by atoms with van der Waals surface area (Å²) in [4.78, 5) is 89.7. The van der Waals surface area contributed by atoms with Gasteiger partial charge in [-0.3, -0.25) is 57.9 Å². The van der Waals surface area contributed by atoms with Gasteiger partial charge in [0, 0.05) is 0 Å². The van der Waals surface area contributed by atoms with Crippen molar-refractivity contribution in [2.45, 2.75) is 0 Å². The van der Waals surface area contributed by atoms with E-state index in [1.54, 1.807) is 0 Å². The molecular weight excluding hydrogens is 372 g/mol. The minimum Gasteiger partial charge on any atom is -0.341 e. The third-order valence-electron chi connectivity index (χ3n) is 1.87. The van der Waals surface area contributed by atoms with Gasteiger partial charge in [-0.25, -0.2) is 0 Å². The van der Waals surface area contributed by atoms with Crippen LogP contribution in [0.15, 0.2) is 0 Å². The predicted molar refractivity (Wildman–Crippen MR) is 84.1 cm³/mol. The molecule has 0 saturated heterocycles. The van der Waals surface area contributed by atoms with Crippen LogP contribution in [0.5, 0.6) is 0 Å². The summed E-state index contributed by atoms with van der Waals surface area (Å²) in [5.41, 5.74) is 0. The largest absolute Gasteiger partial charge is 0.341 e. The summed E-state index contributed by atoms with van der Waals surface area (Å²) in [7, 11) is 0. The fourth-order valence-electron chi connectivity index (χ4n) is 0.756. The van der Waals surface area contributed by atoms with Gasteiger partial charge >= 0.3 is 0 Å². The highest BCUT2D eigenvalue weighted by atomic mass is 16.2. The maximum atomic E-state index is 9.94. The molecule has 0 saturated carbocycles. The molecule has 0 aliphatic carbocycles. The van der Waals surface area contributed by atoms with Crippen molar-refractivity contribution in [1.29, 1.82) is 0 Å². The van der Waals surface area contributed by atoms with Crippen LogP contribution < -0.4 is 16.0 Å². The summed E-state index contributed by atoms with van der Waals surface area (Å²) in [6.07, 6.45) is 2.93. The normalized spacial score (nSPS) is 7.56. The van der Waals surface area contributed by atoms with Crippen LogP contribution in [0.4, 0.5) is 0 Å². The number of imide groups is 3. The molecule has 0 spiro atoms. The summed E-state index contributed by atoms with van der Waals surface area (Å²) >= 11 is 0. The molecule has 9 amide bonds. The molecule has 0 unspecified atom stereocenters. The highest BCUT2D eigenvalue weighted by Gasteiger charge is 2.03. The third-order valence-corrected chi connectivity index (χ3v) is 1.87. The number of hydrogen-bond acceptors (Lipinski definition) is 9. The molecule has 3 N–H and O–H groups in total. The predicted octanol–water partition coefficient (Wildman–Crippen LogP) is -5.09. The number of amides is 9. The van der Waals surface area contributed by atoms with Gasteiger partial charge in [0.15, 0.2) is 0 Å². The molecule has 15 nitrogen and oxygen atoms in total. The Morgan fingerprint density at radius 3 is 1.07 bits per heavy atom. The molecule has 0 bridgehead atoms. The minimum atomic E-state index is -0.347. The van der Waals surface area contributed by atoms with Crippen LogP contribution in [0, 0.1) is 0 Å². The van der Waals surface area contributed by atoms with Crippen molar-refractivity contribution >= 4 is 57.7 Å². The van der Waals surface area contributed by atoms with E-state index in [4.69, 9.17) is 0 Å². The Morgan fingerprint density at radius 1 is 0.481 bits per heavy atom. The monoisotopic (exact) mass is 390 g/mol. The molecule has 0 rings (SSSR count). The Kier molecular flexibility index (Phi) is 24.7. The molecular formula is C12H18N6O9. The van der Waals surface area contributed by atoms with Crippen molar-refractivity contribution in [3.63, 3.8) is 0 Å². The highest BCUT2D eigenvalue weighted by Crippen LogP contribution is 1.80. The van der Waals surface area contributed by atoms with Gasteiger partial charge in [-0.1, -0.05) is 0 Å². The van der Waals surface area contributed by atoms with E-state index in [2.05, 4.69) is 16.0 Å². The first-order valence-electron chi connectivity index (χ1n) is 6.55.